The molecule has 0 rings (SSSR count). The van der Waals surface area contributed by atoms with Gasteiger partial charge in [-0.15, -0.1) is 0 Å². The fourth-order valence-electron chi connectivity index (χ4n) is 3.85. The average molecular weight is 489 g/mol. The van der Waals surface area contributed by atoms with E-state index >= 15 is 0 Å². The van der Waals surface area contributed by atoms with Gasteiger partial charge in [-0.3, -0.25) is 0 Å². The first-order valence-electron chi connectivity index (χ1n) is 10.8. The summed E-state index contributed by atoms with van der Waals surface area (Å²) in [5.74, 6) is -1.80. The van der Waals surface area contributed by atoms with Crippen molar-refractivity contribution in [3.8, 4) is 0 Å². The van der Waals surface area contributed by atoms with Crippen molar-refractivity contribution in [2.75, 3.05) is 14.2 Å². The molecular formula is C22H42O4Sn. The van der Waals surface area contributed by atoms with Gasteiger partial charge in [0.15, 0.2) is 0 Å². The van der Waals surface area contributed by atoms with Crippen molar-refractivity contribution in [3.05, 3.63) is 10.2 Å². The topological polar surface area (TPSA) is 52.6 Å². The van der Waals surface area contributed by atoms with Crippen LogP contribution in [0.5, 0.6) is 0 Å². The zero-order valence-electron chi connectivity index (χ0n) is 18.4. The molecule has 0 heterocycles. The first-order chi connectivity index (χ1) is 12.9. The Hall–Kier alpha value is -0.521. The summed E-state index contributed by atoms with van der Waals surface area (Å²) in [6.45, 7) is 11.4. The maximum absolute atomic E-state index is 11.9. The first-order valence-corrected chi connectivity index (χ1v) is 18.2. The monoisotopic (exact) mass is 490 g/mol. The van der Waals surface area contributed by atoms with Gasteiger partial charge in [0, 0.05) is 0 Å². The van der Waals surface area contributed by atoms with Crippen LogP contribution in [0.2, 0.25) is 13.3 Å². The third-order valence-corrected chi connectivity index (χ3v) is 21.9. The molecule has 0 saturated carbocycles. The third-order valence-electron chi connectivity index (χ3n) is 5.72. The summed E-state index contributed by atoms with van der Waals surface area (Å²) < 4.78 is 15.3. The summed E-state index contributed by atoms with van der Waals surface area (Å²) in [5, 5.41) is 0. The van der Waals surface area contributed by atoms with Crippen molar-refractivity contribution in [2.45, 2.75) is 91.9 Å². The van der Waals surface area contributed by atoms with Gasteiger partial charge in [-0.1, -0.05) is 0 Å². The van der Waals surface area contributed by atoms with E-state index in [1.165, 1.54) is 69.6 Å². The number of esters is 2. The minimum absolute atomic E-state index is 0.482. The molecule has 0 unspecified atom stereocenters. The zero-order chi connectivity index (χ0) is 20.7. The minimum atomic E-state index is -2.42. The molecule has 4 nitrogen and oxygen atoms in total. The predicted octanol–water partition coefficient (Wildman–Crippen LogP) is 6.06. The number of carbonyl (C=O) groups is 2. The fraction of sp³-hybridized carbons (Fsp3) is 0.818. The average Bonchev–Trinajstić information content (AvgIpc) is 2.69. The van der Waals surface area contributed by atoms with Gasteiger partial charge in [-0.25, -0.2) is 0 Å². The van der Waals surface area contributed by atoms with Crippen molar-refractivity contribution in [1.29, 1.82) is 0 Å². The van der Waals surface area contributed by atoms with Crippen molar-refractivity contribution in [1.82, 2.24) is 0 Å². The second-order valence-electron chi connectivity index (χ2n) is 7.69. The number of methoxy groups -OCH3 is 2. The molecule has 5 heteroatoms. The van der Waals surface area contributed by atoms with Gasteiger partial charge in [0.25, 0.3) is 0 Å². The molecule has 0 aromatic carbocycles. The summed E-state index contributed by atoms with van der Waals surface area (Å²) in [6.07, 6.45) is 9.91. The summed E-state index contributed by atoms with van der Waals surface area (Å²) in [5.41, 5.74) is 0. The number of ether oxygens (including phenoxy) is 2. The molecule has 27 heavy (non-hydrogen) atoms. The van der Waals surface area contributed by atoms with Gasteiger partial charge in [-0.2, -0.15) is 0 Å². The van der Waals surface area contributed by atoms with Crippen molar-refractivity contribution in [2.24, 2.45) is 5.92 Å². The Morgan fingerprint density at radius 2 is 1.22 bits per heavy atom. The molecule has 0 aliphatic carbocycles. The van der Waals surface area contributed by atoms with Gasteiger partial charge < -0.3 is 0 Å². The van der Waals surface area contributed by atoms with Crippen LogP contribution >= 0.6 is 0 Å². The van der Waals surface area contributed by atoms with Crippen LogP contribution in [-0.4, -0.2) is 44.5 Å². The van der Waals surface area contributed by atoms with Gasteiger partial charge in [0.2, 0.25) is 0 Å². The van der Waals surface area contributed by atoms with E-state index in [0.717, 1.165) is 12.8 Å². The second-order valence-corrected chi connectivity index (χ2v) is 21.3. The molecule has 0 bridgehead atoms. The summed E-state index contributed by atoms with van der Waals surface area (Å²) in [4.78, 5) is 23.8. The molecule has 0 aromatic heterocycles. The number of rotatable bonds is 16. The van der Waals surface area contributed by atoms with E-state index in [0.29, 0.717) is 6.42 Å². The Kier molecular flexibility index (Phi) is 15.1. The number of unbranched alkanes of at least 4 members (excludes halogenated alkanes) is 3. The van der Waals surface area contributed by atoms with Crippen LogP contribution in [0.1, 0.15) is 78.6 Å². The van der Waals surface area contributed by atoms with E-state index in [9.17, 15) is 9.59 Å². The van der Waals surface area contributed by atoms with Gasteiger partial charge in [0.05, 0.1) is 0 Å². The number of hydrogen-bond acceptors (Lipinski definition) is 4. The molecule has 0 amide bonds. The Balaban J connectivity index is 5.07. The molecule has 0 N–H and O–H groups in total. The van der Waals surface area contributed by atoms with Crippen LogP contribution in [-0.2, 0) is 19.1 Å². The van der Waals surface area contributed by atoms with E-state index in [1.807, 2.05) is 0 Å². The maximum atomic E-state index is 11.9. The standard InChI is InChI=1S/C10H15O4.3C4H9.Sn/c1-4-5-6-7-8(9(11)13-2)10(12)14-3;3*1-3-4-2;/h8H,1,5-7H2,2-3H3;3*1,3-4H2,2H3;. The third kappa shape index (κ3) is 9.49. The number of allylic oxidation sites excluding steroid dienone is 1. The molecular weight excluding hydrogens is 447 g/mol. The molecule has 0 aromatic rings. The zero-order valence-corrected chi connectivity index (χ0v) is 21.3. The molecule has 0 aliphatic rings. The van der Waals surface area contributed by atoms with Crippen LogP contribution in [0.4, 0.5) is 0 Å². The predicted molar refractivity (Wildman–Crippen MR) is 115 cm³/mol. The molecule has 0 spiro atoms. The second kappa shape index (κ2) is 15.4. The van der Waals surface area contributed by atoms with E-state index in [4.69, 9.17) is 9.47 Å². The van der Waals surface area contributed by atoms with Crippen molar-refractivity contribution < 1.29 is 19.1 Å². The van der Waals surface area contributed by atoms with Crippen LogP contribution in [0.3, 0.4) is 0 Å². The van der Waals surface area contributed by atoms with Crippen LogP contribution in [0.15, 0.2) is 10.2 Å². The number of hydrogen-bond donors (Lipinski definition) is 0. The van der Waals surface area contributed by atoms with E-state index in [2.05, 4.69) is 27.4 Å². The van der Waals surface area contributed by atoms with Crippen LogP contribution < -0.4 is 0 Å². The quantitative estimate of drug-likeness (QED) is 0.150. The molecule has 0 atom stereocenters. The van der Waals surface area contributed by atoms with E-state index in [-0.39, 0.29) is 0 Å². The Bertz CT molecular complexity index is 410. The molecule has 0 fully saturated rings. The van der Waals surface area contributed by atoms with Gasteiger partial charge in [-0.05, 0) is 0 Å². The van der Waals surface area contributed by atoms with Crippen molar-refractivity contribution in [3.63, 3.8) is 0 Å². The van der Waals surface area contributed by atoms with Gasteiger partial charge in [0.1, 0.15) is 0 Å². The Labute approximate surface area is 171 Å². The summed E-state index contributed by atoms with van der Waals surface area (Å²) in [7, 11) is 2.64. The normalized spacial score (nSPS) is 11.5. The number of carbonyl (C=O) groups excluding carboxylic acids is 2. The summed E-state index contributed by atoms with van der Waals surface area (Å²) in [6, 6.07) is 0. The van der Waals surface area contributed by atoms with Crippen molar-refractivity contribution >= 4 is 30.3 Å². The molecule has 0 radical (unpaired) electrons. The van der Waals surface area contributed by atoms with Crippen LogP contribution in [0.25, 0.3) is 0 Å². The van der Waals surface area contributed by atoms with Gasteiger partial charge >= 0.3 is 172 Å². The fourth-order valence-corrected chi connectivity index (χ4v) is 19.9. The Morgan fingerprint density at radius 1 is 0.815 bits per heavy atom. The molecule has 0 aliphatic heterocycles. The SMILES string of the molecule is C=[C](CCCC(C(=O)OC)C(=O)OC)[Sn]([CH2]CCC)([CH2]CCC)[CH2]CCC. The summed E-state index contributed by atoms with van der Waals surface area (Å²) >= 11 is -2.42. The Morgan fingerprint density at radius 3 is 1.56 bits per heavy atom. The molecule has 0 saturated heterocycles. The van der Waals surface area contributed by atoms with Crippen LogP contribution in [0, 0.1) is 5.92 Å². The first kappa shape index (κ1) is 26.5. The van der Waals surface area contributed by atoms with E-state index < -0.39 is 36.2 Å². The van der Waals surface area contributed by atoms with E-state index in [1.54, 1.807) is 0 Å². The molecule has 158 valence electrons.